The third-order valence-electron chi connectivity index (χ3n) is 4.85. The van der Waals surface area contributed by atoms with Crippen LogP contribution >= 0.6 is 39.1 Å². The summed E-state index contributed by atoms with van der Waals surface area (Å²) in [6.07, 6.45) is 1.87. The summed E-state index contributed by atoms with van der Waals surface area (Å²) in [5.41, 5.74) is 1.21. The average molecular weight is 515 g/mol. The summed E-state index contributed by atoms with van der Waals surface area (Å²) in [4.78, 5) is 26.6. The number of ether oxygens (including phenoxy) is 2. The standard InChI is InChI=1S/C22H22BrCl2NO4/c1-14(27)19-9-16(23)5-7-21(19)30-13-22(28)26(12-18-3-2-8-29-18)11-15-4-6-17(24)10-20(15)25/h4-7,9-10,18H,2-3,8,11-13H2,1H3. The van der Waals surface area contributed by atoms with Crippen LogP contribution in [0.2, 0.25) is 10.0 Å². The van der Waals surface area contributed by atoms with Crippen molar-refractivity contribution in [1.29, 1.82) is 0 Å². The van der Waals surface area contributed by atoms with Gasteiger partial charge in [0.2, 0.25) is 0 Å². The van der Waals surface area contributed by atoms with E-state index in [0.29, 0.717) is 41.1 Å². The highest BCUT2D eigenvalue weighted by atomic mass is 79.9. The second-order valence-corrected chi connectivity index (χ2v) is 8.89. The Bertz CT molecular complexity index is 931. The zero-order valence-corrected chi connectivity index (χ0v) is 19.6. The van der Waals surface area contributed by atoms with Crippen LogP contribution < -0.4 is 4.74 Å². The summed E-state index contributed by atoms with van der Waals surface area (Å²) in [5, 5.41) is 1.04. The lowest BCUT2D eigenvalue weighted by atomic mass is 10.1. The number of benzene rings is 2. The first kappa shape index (κ1) is 23.1. The van der Waals surface area contributed by atoms with E-state index in [2.05, 4.69) is 15.9 Å². The first-order valence-corrected chi connectivity index (χ1v) is 11.1. The van der Waals surface area contributed by atoms with Gasteiger partial charge in [0, 0.05) is 34.2 Å². The van der Waals surface area contributed by atoms with Gasteiger partial charge in [0.25, 0.3) is 5.91 Å². The second kappa shape index (κ2) is 10.6. The molecule has 0 spiro atoms. The van der Waals surface area contributed by atoms with E-state index < -0.39 is 0 Å². The molecule has 8 heteroatoms. The summed E-state index contributed by atoms with van der Waals surface area (Å²) in [5.74, 6) is 0.0254. The molecule has 0 N–H and O–H groups in total. The first-order valence-electron chi connectivity index (χ1n) is 9.60. The minimum atomic E-state index is -0.214. The number of carbonyl (C=O) groups is 2. The fourth-order valence-corrected chi connectivity index (χ4v) is 4.11. The van der Waals surface area contributed by atoms with E-state index >= 15 is 0 Å². The number of hydrogen-bond acceptors (Lipinski definition) is 4. The number of nitrogens with zero attached hydrogens (tertiary/aromatic N) is 1. The normalized spacial score (nSPS) is 15.8. The van der Waals surface area contributed by atoms with Crippen LogP contribution in [0.15, 0.2) is 40.9 Å². The van der Waals surface area contributed by atoms with Crippen molar-refractivity contribution in [3.05, 3.63) is 62.0 Å². The van der Waals surface area contributed by atoms with Crippen molar-refractivity contribution in [3.63, 3.8) is 0 Å². The molecule has 160 valence electrons. The van der Waals surface area contributed by atoms with E-state index in [1.54, 1.807) is 35.2 Å². The zero-order chi connectivity index (χ0) is 21.7. The minimum absolute atomic E-state index is 0.0134. The van der Waals surface area contributed by atoms with Gasteiger partial charge in [-0.05, 0) is 55.7 Å². The Morgan fingerprint density at radius 3 is 2.70 bits per heavy atom. The number of Topliss-reactive ketones (excluding diaryl/α,β-unsaturated/α-hetero) is 1. The molecule has 1 heterocycles. The molecule has 1 aliphatic rings. The molecule has 1 fully saturated rings. The quantitative estimate of drug-likeness (QED) is 0.433. The Balaban J connectivity index is 1.74. The molecular formula is C22H22BrCl2NO4. The molecule has 2 aromatic rings. The van der Waals surface area contributed by atoms with E-state index in [1.807, 2.05) is 6.07 Å². The predicted molar refractivity (Wildman–Crippen MR) is 120 cm³/mol. The van der Waals surface area contributed by atoms with Crippen molar-refractivity contribution < 1.29 is 19.1 Å². The van der Waals surface area contributed by atoms with Crippen LogP contribution in [0.5, 0.6) is 5.75 Å². The average Bonchev–Trinajstić information content (AvgIpc) is 3.21. The number of hydrogen-bond donors (Lipinski definition) is 0. The SMILES string of the molecule is CC(=O)c1cc(Br)ccc1OCC(=O)N(Cc1ccc(Cl)cc1Cl)CC1CCCO1. The van der Waals surface area contributed by atoms with Gasteiger partial charge in [0.05, 0.1) is 11.7 Å². The van der Waals surface area contributed by atoms with E-state index in [4.69, 9.17) is 32.7 Å². The van der Waals surface area contributed by atoms with E-state index in [-0.39, 0.29) is 24.4 Å². The van der Waals surface area contributed by atoms with Gasteiger partial charge in [-0.3, -0.25) is 9.59 Å². The van der Waals surface area contributed by atoms with Crippen molar-refractivity contribution in [2.75, 3.05) is 19.8 Å². The smallest absolute Gasteiger partial charge is 0.260 e. The molecular weight excluding hydrogens is 493 g/mol. The predicted octanol–water partition coefficient (Wildman–Crippen LogP) is 5.55. The Labute approximate surface area is 194 Å². The summed E-state index contributed by atoms with van der Waals surface area (Å²) in [6.45, 7) is 2.73. The Kier molecular flexibility index (Phi) is 8.17. The van der Waals surface area contributed by atoms with Crippen molar-refractivity contribution >= 4 is 50.8 Å². The van der Waals surface area contributed by atoms with Crippen LogP contribution in [0, 0.1) is 0 Å². The lowest BCUT2D eigenvalue weighted by Crippen LogP contribution is -2.39. The molecule has 0 radical (unpaired) electrons. The molecule has 5 nitrogen and oxygen atoms in total. The largest absolute Gasteiger partial charge is 0.483 e. The molecule has 30 heavy (non-hydrogen) atoms. The third kappa shape index (κ3) is 6.20. The maximum Gasteiger partial charge on any atom is 0.260 e. The van der Waals surface area contributed by atoms with Crippen molar-refractivity contribution in [2.24, 2.45) is 0 Å². The highest BCUT2D eigenvalue weighted by molar-refractivity contribution is 9.10. The molecule has 0 aliphatic carbocycles. The van der Waals surface area contributed by atoms with Gasteiger partial charge in [0.15, 0.2) is 12.4 Å². The molecule has 3 rings (SSSR count). The van der Waals surface area contributed by atoms with E-state index in [9.17, 15) is 9.59 Å². The molecule has 1 atom stereocenters. The number of amides is 1. The minimum Gasteiger partial charge on any atom is -0.483 e. The summed E-state index contributed by atoms with van der Waals surface area (Å²) in [6, 6.07) is 10.3. The highest BCUT2D eigenvalue weighted by Gasteiger charge is 2.24. The number of carbonyl (C=O) groups excluding carboxylic acids is 2. The van der Waals surface area contributed by atoms with Crippen LogP contribution in [0.1, 0.15) is 35.7 Å². The van der Waals surface area contributed by atoms with E-state index in [0.717, 1.165) is 22.9 Å². The second-order valence-electron chi connectivity index (χ2n) is 7.13. The fraction of sp³-hybridized carbons (Fsp3) is 0.364. The summed E-state index contributed by atoms with van der Waals surface area (Å²) in [7, 11) is 0. The lowest BCUT2D eigenvalue weighted by Gasteiger charge is -2.26. The maximum absolute atomic E-state index is 13.0. The summed E-state index contributed by atoms with van der Waals surface area (Å²) < 4.78 is 12.2. The van der Waals surface area contributed by atoms with Gasteiger partial charge in [0.1, 0.15) is 5.75 Å². The zero-order valence-electron chi connectivity index (χ0n) is 16.5. The molecule has 0 bridgehead atoms. The molecule has 2 aromatic carbocycles. The Morgan fingerprint density at radius 1 is 1.23 bits per heavy atom. The number of halogens is 3. The summed E-state index contributed by atoms with van der Waals surface area (Å²) >= 11 is 15.6. The molecule has 0 saturated carbocycles. The molecule has 1 aliphatic heterocycles. The van der Waals surface area contributed by atoms with Gasteiger partial charge in [-0.15, -0.1) is 0 Å². The van der Waals surface area contributed by atoms with Crippen molar-refractivity contribution in [3.8, 4) is 5.75 Å². The van der Waals surface area contributed by atoms with Gasteiger partial charge < -0.3 is 14.4 Å². The van der Waals surface area contributed by atoms with Gasteiger partial charge >= 0.3 is 0 Å². The van der Waals surface area contributed by atoms with Crippen molar-refractivity contribution in [2.45, 2.75) is 32.4 Å². The molecule has 0 aromatic heterocycles. The van der Waals surface area contributed by atoms with Gasteiger partial charge in [-0.2, -0.15) is 0 Å². The lowest BCUT2D eigenvalue weighted by molar-refractivity contribution is -0.135. The topological polar surface area (TPSA) is 55.8 Å². The third-order valence-corrected chi connectivity index (χ3v) is 5.93. The van der Waals surface area contributed by atoms with Crippen LogP contribution in [-0.2, 0) is 16.1 Å². The van der Waals surface area contributed by atoms with Crippen LogP contribution in [-0.4, -0.2) is 42.5 Å². The number of rotatable bonds is 8. The highest BCUT2D eigenvalue weighted by Crippen LogP contribution is 2.25. The fourth-order valence-electron chi connectivity index (χ4n) is 3.28. The van der Waals surface area contributed by atoms with Crippen LogP contribution in [0.25, 0.3) is 0 Å². The molecule has 1 unspecified atom stereocenters. The van der Waals surface area contributed by atoms with Gasteiger partial charge in [-0.1, -0.05) is 45.2 Å². The maximum atomic E-state index is 13.0. The monoisotopic (exact) mass is 513 g/mol. The van der Waals surface area contributed by atoms with Crippen LogP contribution in [0.3, 0.4) is 0 Å². The number of ketones is 1. The Hall–Kier alpha value is -1.60. The first-order chi connectivity index (χ1) is 14.3. The molecule has 1 amide bonds. The van der Waals surface area contributed by atoms with Crippen LogP contribution in [0.4, 0.5) is 0 Å². The van der Waals surface area contributed by atoms with E-state index in [1.165, 1.54) is 6.92 Å². The van der Waals surface area contributed by atoms with Gasteiger partial charge in [-0.25, -0.2) is 0 Å². The van der Waals surface area contributed by atoms with Crippen molar-refractivity contribution in [1.82, 2.24) is 4.90 Å². The molecule has 1 saturated heterocycles. The Morgan fingerprint density at radius 2 is 2.03 bits per heavy atom.